The largest absolute Gasteiger partial charge is 0.477 e. The van der Waals surface area contributed by atoms with Gasteiger partial charge in [0.1, 0.15) is 11.1 Å². The van der Waals surface area contributed by atoms with Crippen LogP contribution in [0.5, 0.6) is 0 Å². The van der Waals surface area contributed by atoms with Gasteiger partial charge in [-0.2, -0.15) is 0 Å². The maximum absolute atomic E-state index is 13.3. The SMILES string of the molecule is CCNC(=O)c1c(F)c(F)c(C(=O)O)c(F)c1F. The molecule has 1 aromatic rings. The van der Waals surface area contributed by atoms with E-state index in [4.69, 9.17) is 5.11 Å². The number of amides is 1. The normalized spacial score (nSPS) is 10.3. The van der Waals surface area contributed by atoms with Gasteiger partial charge in [0.2, 0.25) is 0 Å². The molecule has 1 rings (SSSR count). The first-order valence-corrected chi connectivity index (χ1v) is 4.70. The second kappa shape index (κ2) is 5.03. The Morgan fingerprint density at radius 2 is 1.39 bits per heavy atom. The molecular formula is C10H7F4NO3. The van der Waals surface area contributed by atoms with Gasteiger partial charge >= 0.3 is 5.97 Å². The number of carboxylic acid groups (broad SMARTS) is 1. The summed E-state index contributed by atoms with van der Waals surface area (Å²) in [6, 6.07) is 0. The molecule has 0 aliphatic carbocycles. The average Bonchev–Trinajstić information content (AvgIpc) is 2.27. The van der Waals surface area contributed by atoms with Crippen molar-refractivity contribution < 1.29 is 32.3 Å². The number of carbonyl (C=O) groups excluding carboxylic acids is 1. The van der Waals surface area contributed by atoms with Gasteiger partial charge in [0, 0.05) is 6.54 Å². The van der Waals surface area contributed by atoms with Crippen molar-refractivity contribution in [3.63, 3.8) is 0 Å². The van der Waals surface area contributed by atoms with Gasteiger partial charge < -0.3 is 10.4 Å². The monoisotopic (exact) mass is 265 g/mol. The molecule has 4 nitrogen and oxygen atoms in total. The summed E-state index contributed by atoms with van der Waals surface area (Å²) in [6.07, 6.45) is 0. The molecule has 8 heteroatoms. The van der Waals surface area contributed by atoms with Gasteiger partial charge in [-0.05, 0) is 6.92 Å². The fourth-order valence-electron chi connectivity index (χ4n) is 1.27. The molecule has 18 heavy (non-hydrogen) atoms. The van der Waals surface area contributed by atoms with Crippen molar-refractivity contribution in [1.82, 2.24) is 5.32 Å². The first-order chi connectivity index (χ1) is 8.32. The third-order valence-electron chi connectivity index (χ3n) is 2.04. The molecule has 0 radical (unpaired) electrons. The highest BCUT2D eigenvalue weighted by molar-refractivity contribution is 5.96. The number of halogens is 4. The maximum Gasteiger partial charge on any atom is 0.341 e. The lowest BCUT2D eigenvalue weighted by molar-refractivity contribution is 0.0681. The molecule has 0 aromatic heterocycles. The Bertz CT molecular complexity index is 501. The minimum atomic E-state index is -2.18. The van der Waals surface area contributed by atoms with Crippen LogP contribution >= 0.6 is 0 Å². The Balaban J connectivity index is 3.58. The van der Waals surface area contributed by atoms with Crippen molar-refractivity contribution >= 4 is 11.9 Å². The predicted octanol–water partition coefficient (Wildman–Crippen LogP) is 1.69. The molecule has 0 fully saturated rings. The summed E-state index contributed by atoms with van der Waals surface area (Å²) in [4.78, 5) is 21.6. The number of nitrogens with one attached hydrogen (secondary N) is 1. The Morgan fingerprint density at radius 3 is 1.72 bits per heavy atom. The fourth-order valence-corrected chi connectivity index (χ4v) is 1.27. The number of carbonyl (C=O) groups is 2. The van der Waals surface area contributed by atoms with Crippen LogP contribution in [0.3, 0.4) is 0 Å². The van der Waals surface area contributed by atoms with Crippen LogP contribution in [0.2, 0.25) is 0 Å². The topological polar surface area (TPSA) is 66.4 Å². The van der Waals surface area contributed by atoms with E-state index < -0.39 is 46.3 Å². The zero-order valence-corrected chi connectivity index (χ0v) is 8.98. The van der Waals surface area contributed by atoms with Gasteiger partial charge in [0.25, 0.3) is 5.91 Å². The van der Waals surface area contributed by atoms with Gasteiger partial charge in [-0.1, -0.05) is 0 Å². The van der Waals surface area contributed by atoms with Crippen LogP contribution in [0.15, 0.2) is 0 Å². The number of carboxylic acids is 1. The van der Waals surface area contributed by atoms with Crippen LogP contribution in [0.1, 0.15) is 27.6 Å². The summed E-state index contributed by atoms with van der Waals surface area (Å²) in [5.41, 5.74) is -3.27. The summed E-state index contributed by atoms with van der Waals surface area (Å²) in [5, 5.41) is 10.4. The van der Waals surface area contributed by atoms with Crippen LogP contribution in [0.25, 0.3) is 0 Å². The average molecular weight is 265 g/mol. The minimum absolute atomic E-state index is 0.0262. The van der Waals surface area contributed by atoms with Gasteiger partial charge in [-0.3, -0.25) is 4.79 Å². The van der Waals surface area contributed by atoms with Crippen molar-refractivity contribution in [1.29, 1.82) is 0 Å². The zero-order chi connectivity index (χ0) is 14.0. The molecule has 1 aromatic carbocycles. The van der Waals surface area contributed by atoms with E-state index >= 15 is 0 Å². The van der Waals surface area contributed by atoms with Crippen molar-refractivity contribution in [3.05, 3.63) is 34.4 Å². The molecule has 0 bridgehead atoms. The van der Waals surface area contributed by atoms with Gasteiger partial charge in [0.15, 0.2) is 23.3 Å². The van der Waals surface area contributed by atoms with Crippen LogP contribution in [-0.2, 0) is 0 Å². The van der Waals surface area contributed by atoms with Gasteiger partial charge in [-0.25, -0.2) is 22.4 Å². The highest BCUT2D eigenvalue weighted by Gasteiger charge is 2.31. The highest BCUT2D eigenvalue weighted by Crippen LogP contribution is 2.24. The molecule has 1 amide bonds. The number of hydrogen-bond donors (Lipinski definition) is 2. The summed E-state index contributed by atoms with van der Waals surface area (Å²) < 4.78 is 53.1. The van der Waals surface area contributed by atoms with Crippen molar-refractivity contribution in [2.24, 2.45) is 0 Å². The quantitative estimate of drug-likeness (QED) is 0.645. The van der Waals surface area contributed by atoms with Crippen LogP contribution < -0.4 is 5.32 Å². The van der Waals surface area contributed by atoms with E-state index in [2.05, 4.69) is 0 Å². The molecule has 0 spiro atoms. The van der Waals surface area contributed by atoms with Crippen LogP contribution in [0, 0.1) is 23.3 Å². The van der Waals surface area contributed by atoms with Gasteiger partial charge in [0.05, 0.1) is 0 Å². The van der Waals surface area contributed by atoms with Crippen molar-refractivity contribution in [3.8, 4) is 0 Å². The summed E-state index contributed by atoms with van der Waals surface area (Å²) in [5.74, 6) is -11.9. The van der Waals surface area contributed by atoms with E-state index in [1.807, 2.05) is 5.32 Å². The first-order valence-electron chi connectivity index (χ1n) is 4.70. The number of rotatable bonds is 3. The van der Waals surface area contributed by atoms with E-state index in [9.17, 15) is 27.2 Å². The molecule has 0 heterocycles. The maximum atomic E-state index is 13.3. The number of hydrogen-bond acceptors (Lipinski definition) is 2. The molecular weight excluding hydrogens is 258 g/mol. The third-order valence-corrected chi connectivity index (χ3v) is 2.04. The summed E-state index contributed by atoms with van der Waals surface area (Å²) >= 11 is 0. The van der Waals surface area contributed by atoms with Crippen molar-refractivity contribution in [2.75, 3.05) is 6.54 Å². The summed E-state index contributed by atoms with van der Waals surface area (Å²) in [6.45, 7) is 1.40. The van der Waals surface area contributed by atoms with E-state index in [-0.39, 0.29) is 6.54 Å². The van der Waals surface area contributed by atoms with Gasteiger partial charge in [-0.15, -0.1) is 0 Å². The fraction of sp³-hybridized carbons (Fsp3) is 0.200. The Labute approximate surface area is 98.2 Å². The second-order valence-electron chi connectivity index (χ2n) is 3.17. The Morgan fingerprint density at radius 1 is 1.00 bits per heavy atom. The van der Waals surface area contributed by atoms with Crippen molar-refractivity contribution in [2.45, 2.75) is 6.92 Å². The van der Waals surface area contributed by atoms with E-state index in [1.165, 1.54) is 6.92 Å². The molecule has 0 atom stereocenters. The Kier molecular flexibility index (Phi) is 3.89. The minimum Gasteiger partial charge on any atom is -0.477 e. The lowest BCUT2D eigenvalue weighted by Gasteiger charge is -2.09. The molecule has 98 valence electrons. The highest BCUT2D eigenvalue weighted by atomic mass is 19.2. The number of aromatic carboxylic acids is 1. The van der Waals surface area contributed by atoms with Crippen LogP contribution in [-0.4, -0.2) is 23.5 Å². The van der Waals surface area contributed by atoms with Crippen LogP contribution in [0.4, 0.5) is 17.6 Å². The summed E-state index contributed by atoms with van der Waals surface area (Å²) in [7, 11) is 0. The standard InChI is InChI=1S/C10H7F4NO3/c1-2-15-9(16)3-5(11)7(13)4(10(17)18)8(14)6(3)12/h2H2,1H3,(H,15,16)(H,17,18). The first kappa shape index (κ1) is 13.9. The number of benzene rings is 1. The molecule has 2 N–H and O–H groups in total. The third kappa shape index (κ3) is 2.13. The molecule has 0 aliphatic rings. The Hall–Kier alpha value is -2.12. The molecule has 0 saturated carbocycles. The second-order valence-corrected chi connectivity index (χ2v) is 3.17. The van der Waals surface area contributed by atoms with E-state index in [1.54, 1.807) is 0 Å². The lowest BCUT2D eigenvalue weighted by Crippen LogP contribution is -2.27. The smallest absolute Gasteiger partial charge is 0.341 e. The molecule has 0 saturated heterocycles. The van der Waals surface area contributed by atoms with E-state index in [0.717, 1.165) is 0 Å². The lowest BCUT2D eigenvalue weighted by atomic mass is 10.1. The molecule has 0 aliphatic heterocycles. The van der Waals surface area contributed by atoms with E-state index in [0.29, 0.717) is 0 Å². The predicted molar refractivity (Wildman–Crippen MR) is 51.2 cm³/mol. The molecule has 0 unspecified atom stereocenters. The zero-order valence-electron chi connectivity index (χ0n) is 8.98.